The Balaban J connectivity index is 1.85. The number of pyridine rings is 1. The molecule has 0 saturated carbocycles. The third-order valence-corrected chi connectivity index (χ3v) is 5.67. The van der Waals surface area contributed by atoms with E-state index in [0.29, 0.717) is 18.4 Å². The van der Waals surface area contributed by atoms with E-state index < -0.39 is 35.6 Å². The van der Waals surface area contributed by atoms with Crippen molar-refractivity contribution in [2.75, 3.05) is 12.4 Å². The lowest BCUT2D eigenvalue weighted by molar-refractivity contribution is -0.120. The first-order valence-corrected chi connectivity index (χ1v) is 9.86. The molecular formula is C21H22ClF2N3O3. The normalized spacial score (nSPS) is 21.2. The van der Waals surface area contributed by atoms with Crippen LogP contribution in [-0.2, 0) is 16.0 Å². The summed E-state index contributed by atoms with van der Waals surface area (Å²) in [6, 6.07) is 3.36. The lowest BCUT2D eigenvalue weighted by Gasteiger charge is -2.28. The number of nitrogens with one attached hydrogen (secondary N) is 1. The maximum atomic E-state index is 14.3. The largest absolute Gasteiger partial charge is 0.465 e. The Bertz CT molecular complexity index is 986. The molecule has 1 heterocycles. The van der Waals surface area contributed by atoms with Gasteiger partial charge >= 0.3 is 5.97 Å². The molecule has 0 spiro atoms. The van der Waals surface area contributed by atoms with E-state index in [1.165, 1.54) is 13.3 Å². The zero-order chi connectivity index (χ0) is 22.0. The van der Waals surface area contributed by atoms with Crippen LogP contribution in [0.25, 0.3) is 0 Å². The smallest absolute Gasteiger partial charge is 0.339 e. The summed E-state index contributed by atoms with van der Waals surface area (Å²) in [5.41, 5.74) is 7.16. The van der Waals surface area contributed by atoms with Crippen LogP contribution in [0.1, 0.15) is 47.2 Å². The van der Waals surface area contributed by atoms with Gasteiger partial charge < -0.3 is 15.8 Å². The number of ether oxygens (including phenoxy) is 1. The molecule has 0 saturated heterocycles. The molecule has 2 aromatic rings. The number of hydrogen-bond donors (Lipinski definition) is 2. The van der Waals surface area contributed by atoms with E-state index in [-0.39, 0.29) is 28.6 Å². The molecule has 3 atom stereocenters. The van der Waals surface area contributed by atoms with Crippen LogP contribution < -0.4 is 11.1 Å². The van der Waals surface area contributed by atoms with Gasteiger partial charge in [0.15, 0.2) is 0 Å². The van der Waals surface area contributed by atoms with Gasteiger partial charge in [0.25, 0.3) is 0 Å². The van der Waals surface area contributed by atoms with Crippen molar-refractivity contribution < 1.29 is 23.1 Å². The summed E-state index contributed by atoms with van der Waals surface area (Å²) >= 11 is 5.89. The molecule has 1 amide bonds. The van der Waals surface area contributed by atoms with Crippen LogP contribution >= 0.6 is 11.6 Å². The summed E-state index contributed by atoms with van der Waals surface area (Å²) in [7, 11) is 1.17. The number of amides is 1. The number of anilines is 1. The van der Waals surface area contributed by atoms with Gasteiger partial charge in [-0.05, 0) is 48.9 Å². The minimum absolute atomic E-state index is 0.0597. The first-order valence-electron chi connectivity index (χ1n) is 9.48. The van der Waals surface area contributed by atoms with Gasteiger partial charge in [-0.2, -0.15) is 4.39 Å². The standard InChI is InChI=1S/C21H22ClF2N3O3/c1-10-5-11(6-12(25)7-14-13(10)3-4-26-19(14)24)20(28)27-18-8-15(21(29)30-2)16(22)9-17(18)23/h3-4,8-12H,5-7,25H2,1-2H3,(H,27,28)/t10-,11?,12+/m1/s1. The highest BCUT2D eigenvalue weighted by atomic mass is 35.5. The first-order chi connectivity index (χ1) is 14.2. The molecule has 1 aromatic heterocycles. The highest BCUT2D eigenvalue weighted by Crippen LogP contribution is 2.34. The molecule has 3 N–H and O–H groups in total. The van der Waals surface area contributed by atoms with E-state index in [1.54, 1.807) is 6.07 Å². The van der Waals surface area contributed by atoms with Gasteiger partial charge in [-0.1, -0.05) is 18.5 Å². The second-order valence-electron chi connectivity index (χ2n) is 7.50. The number of benzene rings is 1. The average Bonchev–Trinajstić information content (AvgIpc) is 2.69. The van der Waals surface area contributed by atoms with Crippen LogP contribution in [0, 0.1) is 17.7 Å². The molecule has 0 fully saturated rings. The van der Waals surface area contributed by atoms with Crippen LogP contribution in [0.5, 0.6) is 0 Å². The fourth-order valence-corrected chi connectivity index (χ4v) is 4.09. The number of aromatic nitrogens is 1. The topological polar surface area (TPSA) is 94.3 Å². The highest BCUT2D eigenvalue weighted by molar-refractivity contribution is 6.33. The number of fused-ring (bicyclic) bond motifs is 1. The monoisotopic (exact) mass is 437 g/mol. The number of hydrogen-bond acceptors (Lipinski definition) is 5. The zero-order valence-electron chi connectivity index (χ0n) is 16.5. The summed E-state index contributed by atoms with van der Waals surface area (Å²) in [4.78, 5) is 28.4. The number of halogens is 3. The Kier molecular flexibility index (Phi) is 6.67. The van der Waals surface area contributed by atoms with E-state index in [1.807, 2.05) is 6.92 Å². The molecule has 30 heavy (non-hydrogen) atoms. The Hall–Kier alpha value is -2.58. The summed E-state index contributed by atoms with van der Waals surface area (Å²) in [5.74, 6) is -3.16. The van der Waals surface area contributed by atoms with Gasteiger partial charge in [0.2, 0.25) is 11.9 Å². The van der Waals surface area contributed by atoms with Crippen molar-refractivity contribution in [3.8, 4) is 0 Å². The number of nitrogens with zero attached hydrogens (tertiary/aromatic N) is 1. The molecule has 1 aliphatic rings. The molecule has 3 rings (SSSR count). The Morgan fingerprint density at radius 1 is 1.30 bits per heavy atom. The van der Waals surface area contributed by atoms with Crippen molar-refractivity contribution in [1.82, 2.24) is 4.98 Å². The quantitative estimate of drug-likeness (QED) is 0.562. The molecule has 160 valence electrons. The van der Waals surface area contributed by atoms with Gasteiger partial charge in [0, 0.05) is 23.7 Å². The Morgan fingerprint density at radius 2 is 2.03 bits per heavy atom. The summed E-state index contributed by atoms with van der Waals surface area (Å²) < 4.78 is 33.1. The third-order valence-electron chi connectivity index (χ3n) is 5.35. The van der Waals surface area contributed by atoms with Gasteiger partial charge in [0.05, 0.1) is 23.4 Å². The fourth-order valence-electron chi connectivity index (χ4n) is 3.87. The lowest BCUT2D eigenvalue weighted by Crippen LogP contribution is -2.35. The molecule has 1 unspecified atom stereocenters. The number of carbonyl (C=O) groups is 2. The number of carbonyl (C=O) groups excluding carboxylic acids is 2. The van der Waals surface area contributed by atoms with E-state index in [2.05, 4.69) is 15.0 Å². The van der Waals surface area contributed by atoms with E-state index in [9.17, 15) is 18.4 Å². The molecule has 0 radical (unpaired) electrons. The van der Waals surface area contributed by atoms with Crippen molar-refractivity contribution in [3.63, 3.8) is 0 Å². The highest BCUT2D eigenvalue weighted by Gasteiger charge is 2.30. The van der Waals surface area contributed by atoms with Crippen molar-refractivity contribution in [3.05, 3.63) is 57.9 Å². The van der Waals surface area contributed by atoms with Gasteiger partial charge in [-0.15, -0.1) is 0 Å². The lowest BCUT2D eigenvalue weighted by atomic mass is 9.80. The number of nitrogens with two attached hydrogens (primary N) is 1. The van der Waals surface area contributed by atoms with Crippen LogP contribution in [0.15, 0.2) is 24.4 Å². The van der Waals surface area contributed by atoms with E-state index >= 15 is 0 Å². The first kappa shape index (κ1) is 22.1. The molecular weight excluding hydrogens is 416 g/mol. The molecule has 6 nitrogen and oxygen atoms in total. The van der Waals surface area contributed by atoms with Gasteiger partial charge in [-0.3, -0.25) is 4.79 Å². The predicted octanol–water partition coefficient (Wildman–Crippen LogP) is 3.82. The molecule has 1 aromatic carbocycles. The second kappa shape index (κ2) is 9.06. The average molecular weight is 438 g/mol. The summed E-state index contributed by atoms with van der Waals surface area (Å²) in [5, 5.41) is 2.41. The Morgan fingerprint density at radius 3 is 2.73 bits per heavy atom. The van der Waals surface area contributed by atoms with Crippen LogP contribution in [0.3, 0.4) is 0 Å². The number of methoxy groups -OCH3 is 1. The third kappa shape index (κ3) is 4.60. The summed E-state index contributed by atoms with van der Waals surface area (Å²) in [6.07, 6.45) is 2.34. The predicted molar refractivity (Wildman–Crippen MR) is 108 cm³/mol. The maximum absolute atomic E-state index is 14.3. The van der Waals surface area contributed by atoms with Crippen molar-refractivity contribution in [2.24, 2.45) is 11.7 Å². The number of rotatable bonds is 3. The van der Waals surface area contributed by atoms with Crippen LogP contribution in [0.4, 0.5) is 14.5 Å². The number of esters is 1. The molecule has 0 aliphatic heterocycles. The summed E-state index contributed by atoms with van der Waals surface area (Å²) in [6.45, 7) is 1.90. The zero-order valence-corrected chi connectivity index (χ0v) is 17.3. The van der Waals surface area contributed by atoms with Gasteiger partial charge in [-0.25, -0.2) is 14.2 Å². The molecule has 1 aliphatic carbocycles. The van der Waals surface area contributed by atoms with Gasteiger partial charge in [0.1, 0.15) is 5.82 Å². The van der Waals surface area contributed by atoms with Crippen molar-refractivity contribution >= 4 is 29.2 Å². The second-order valence-corrected chi connectivity index (χ2v) is 7.90. The van der Waals surface area contributed by atoms with Crippen LogP contribution in [-0.4, -0.2) is 30.0 Å². The molecule has 0 bridgehead atoms. The maximum Gasteiger partial charge on any atom is 0.339 e. The van der Waals surface area contributed by atoms with E-state index in [4.69, 9.17) is 17.3 Å². The van der Waals surface area contributed by atoms with E-state index in [0.717, 1.165) is 17.7 Å². The fraction of sp³-hybridized carbons (Fsp3) is 0.381. The van der Waals surface area contributed by atoms with Crippen molar-refractivity contribution in [1.29, 1.82) is 0 Å². The van der Waals surface area contributed by atoms with Crippen molar-refractivity contribution in [2.45, 2.75) is 38.1 Å². The molecule has 9 heteroatoms. The minimum atomic E-state index is -0.775. The SMILES string of the molecule is COC(=O)c1cc(NC(=O)C2C[C@H](N)Cc3c(ccnc3F)[C@H](C)C2)c(F)cc1Cl. The minimum Gasteiger partial charge on any atom is -0.465 e. The van der Waals surface area contributed by atoms with Crippen LogP contribution in [0.2, 0.25) is 5.02 Å². The Labute approximate surface area is 177 Å².